The van der Waals surface area contributed by atoms with E-state index in [1.807, 2.05) is 0 Å². The molecule has 0 unspecified atom stereocenters. The first-order valence-electron chi connectivity index (χ1n) is 23.8. The lowest BCUT2D eigenvalue weighted by Crippen LogP contribution is -2.17. The molecule has 11 rings (SSSR count). The maximum atomic E-state index is 3.86. The molecule has 0 amide bonds. The van der Waals surface area contributed by atoms with Gasteiger partial charge in [0, 0.05) is 56.5 Å². The molecule has 4 heteroatoms. The second kappa shape index (κ2) is 20.2. The molecule has 0 aliphatic carbocycles. The normalized spacial score (nSPS) is 10.9. The van der Waals surface area contributed by atoms with Crippen molar-refractivity contribution < 1.29 is 0 Å². The lowest BCUT2D eigenvalue weighted by molar-refractivity contribution is 1.22. The van der Waals surface area contributed by atoms with E-state index < -0.39 is 0 Å². The number of benzene rings is 11. The van der Waals surface area contributed by atoms with Crippen LogP contribution in [0.3, 0.4) is 0 Å². The molecule has 0 saturated carbocycles. The Labute approximate surface area is 411 Å². The standard InChI is InChI=1S/C66H50N4/c1-8-26-50(27-9-1)62-42-22-23-45-65(62)67-53-32-24-41-58(46-53)70(66-63(51-28-10-2-11-29-51)43-25-44-64(66)52-30-12-3-13-31-52)61-48-59(68(54-33-14-4-15-34-54)55-35-16-5-17-36-55)47-60(49-61)69(56-37-18-6-19-38-56)57-39-20-7-21-40-57/h1-49,67H. The first-order chi connectivity index (χ1) is 34.7. The molecule has 0 aliphatic rings. The van der Waals surface area contributed by atoms with Gasteiger partial charge in [-0.05, 0) is 108 Å². The van der Waals surface area contributed by atoms with Crippen LogP contribution in [0.1, 0.15) is 0 Å². The van der Waals surface area contributed by atoms with Crippen LogP contribution in [0.25, 0.3) is 33.4 Å². The predicted molar refractivity (Wildman–Crippen MR) is 297 cm³/mol. The Morgan fingerprint density at radius 3 is 0.957 bits per heavy atom. The molecule has 0 heterocycles. The molecule has 0 bridgehead atoms. The average molecular weight is 899 g/mol. The molecule has 0 saturated heterocycles. The third-order valence-corrected chi connectivity index (χ3v) is 12.5. The largest absolute Gasteiger partial charge is 0.355 e. The Balaban J connectivity index is 1.22. The Morgan fingerprint density at radius 2 is 0.529 bits per heavy atom. The van der Waals surface area contributed by atoms with Crippen molar-refractivity contribution in [3.63, 3.8) is 0 Å². The lowest BCUT2D eigenvalue weighted by atomic mass is 9.94. The zero-order valence-corrected chi connectivity index (χ0v) is 38.6. The molecule has 0 fully saturated rings. The van der Waals surface area contributed by atoms with Gasteiger partial charge in [0.05, 0.1) is 22.7 Å². The van der Waals surface area contributed by atoms with Crippen molar-refractivity contribution in [2.24, 2.45) is 0 Å². The highest BCUT2D eigenvalue weighted by Crippen LogP contribution is 2.51. The monoisotopic (exact) mass is 898 g/mol. The van der Waals surface area contributed by atoms with Crippen molar-refractivity contribution >= 4 is 62.6 Å². The molecule has 1 N–H and O–H groups in total. The van der Waals surface area contributed by atoms with Crippen molar-refractivity contribution in [2.75, 3.05) is 20.0 Å². The highest BCUT2D eigenvalue weighted by atomic mass is 15.2. The van der Waals surface area contributed by atoms with Crippen LogP contribution in [0.15, 0.2) is 297 Å². The molecule has 0 spiro atoms. The van der Waals surface area contributed by atoms with Crippen molar-refractivity contribution in [3.05, 3.63) is 297 Å². The SMILES string of the molecule is c1ccc(-c2ccccc2Nc2cccc(N(c3cc(N(c4ccccc4)c4ccccc4)cc(N(c4ccccc4)c4ccccc4)c3)c3c(-c4ccccc4)cccc3-c3ccccc3)c2)cc1. The minimum atomic E-state index is 0.964. The van der Waals surface area contributed by atoms with E-state index in [-0.39, 0.29) is 0 Å². The van der Waals surface area contributed by atoms with E-state index in [0.717, 1.165) is 95.9 Å². The van der Waals surface area contributed by atoms with E-state index in [9.17, 15) is 0 Å². The molecule has 0 atom stereocenters. The fourth-order valence-corrected chi connectivity index (χ4v) is 9.40. The van der Waals surface area contributed by atoms with Crippen molar-refractivity contribution in [1.82, 2.24) is 0 Å². The van der Waals surface area contributed by atoms with E-state index in [2.05, 4.69) is 317 Å². The van der Waals surface area contributed by atoms with Crippen LogP contribution in [0, 0.1) is 0 Å². The number of rotatable bonds is 14. The minimum Gasteiger partial charge on any atom is -0.355 e. The first-order valence-corrected chi connectivity index (χ1v) is 23.8. The number of anilines is 11. The van der Waals surface area contributed by atoms with Crippen LogP contribution in [0.4, 0.5) is 62.6 Å². The summed E-state index contributed by atoms with van der Waals surface area (Å²) in [4.78, 5) is 7.19. The molecule has 4 nitrogen and oxygen atoms in total. The van der Waals surface area contributed by atoms with Gasteiger partial charge in [-0.1, -0.05) is 206 Å². The number of hydrogen-bond donors (Lipinski definition) is 1. The molecular formula is C66H50N4. The predicted octanol–water partition coefficient (Wildman–Crippen LogP) is 18.8. The van der Waals surface area contributed by atoms with Gasteiger partial charge >= 0.3 is 0 Å². The molecule has 0 aromatic heterocycles. The molecule has 0 radical (unpaired) electrons. The topological polar surface area (TPSA) is 21.8 Å². The summed E-state index contributed by atoms with van der Waals surface area (Å²) in [5, 5.41) is 3.86. The highest BCUT2D eigenvalue weighted by Gasteiger charge is 2.26. The summed E-state index contributed by atoms with van der Waals surface area (Å²) in [7, 11) is 0. The molecule has 11 aromatic carbocycles. The smallest absolute Gasteiger partial charge is 0.0618 e. The van der Waals surface area contributed by atoms with Crippen LogP contribution in [-0.4, -0.2) is 0 Å². The van der Waals surface area contributed by atoms with Gasteiger partial charge < -0.3 is 20.0 Å². The zero-order valence-electron chi connectivity index (χ0n) is 38.6. The summed E-state index contributed by atoms with van der Waals surface area (Å²) in [6.45, 7) is 0. The maximum absolute atomic E-state index is 3.86. The first kappa shape index (κ1) is 43.2. The van der Waals surface area contributed by atoms with Gasteiger partial charge in [-0.2, -0.15) is 0 Å². The van der Waals surface area contributed by atoms with Gasteiger partial charge in [-0.3, -0.25) is 0 Å². The number of hydrogen-bond acceptors (Lipinski definition) is 4. The van der Waals surface area contributed by atoms with Crippen LogP contribution in [0.2, 0.25) is 0 Å². The molecular weight excluding hydrogens is 849 g/mol. The fraction of sp³-hybridized carbons (Fsp3) is 0. The summed E-state index contributed by atoms with van der Waals surface area (Å²) in [6.07, 6.45) is 0. The lowest BCUT2D eigenvalue weighted by Gasteiger charge is -2.34. The number of nitrogens with zero attached hydrogens (tertiary/aromatic N) is 3. The Bertz CT molecular complexity index is 3200. The van der Waals surface area contributed by atoms with Gasteiger partial charge in [-0.25, -0.2) is 0 Å². The summed E-state index contributed by atoms with van der Waals surface area (Å²) < 4.78 is 0. The summed E-state index contributed by atoms with van der Waals surface area (Å²) >= 11 is 0. The minimum absolute atomic E-state index is 0.964. The summed E-state index contributed by atoms with van der Waals surface area (Å²) in [5.41, 5.74) is 17.9. The maximum Gasteiger partial charge on any atom is 0.0618 e. The van der Waals surface area contributed by atoms with Crippen LogP contribution >= 0.6 is 0 Å². The van der Waals surface area contributed by atoms with Gasteiger partial charge in [0.1, 0.15) is 0 Å². The van der Waals surface area contributed by atoms with Crippen molar-refractivity contribution in [2.45, 2.75) is 0 Å². The second-order valence-corrected chi connectivity index (χ2v) is 17.1. The number of para-hydroxylation sites is 6. The van der Waals surface area contributed by atoms with Crippen LogP contribution < -0.4 is 20.0 Å². The van der Waals surface area contributed by atoms with E-state index in [1.165, 1.54) is 0 Å². The van der Waals surface area contributed by atoms with Gasteiger partial charge in [0.15, 0.2) is 0 Å². The van der Waals surface area contributed by atoms with E-state index in [0.29, 0.717) is 0 Å². The molecule has 70 heavy (non-hydrogen) atoms. The summed E-state index contributed by atoms with van der Waals surface area (Å²) in [5.74, 6) is 0. The molecule has 0 aliphatic heterocycles. The Hall–Kier alpha value is -9.38. The van der Waals surface area contributed by atoms with Gasteiger partial charge in [-0.15, -0.1) is 0 Å². The third kappa shape index (κ3) is 9.18. The van der Waals surface area contributed by atoms with E-state index in [4.69, 9.17) is 0 Å². The van der Waals surface area contributed by atoms with Gasteiger partial charge in [0.2, 0.25) is 0 Å². The van der Waals surface area contributed by atoms with Crippen LogP contribution in [0.5, 0.6) is 0 Å². The van der Waals surface area contributed by atoms with Gasteiger partial charge in [0.25, 0.3) is 0 Å². The molecule has 11 aromatic rings. The van der Waals surface area contributed by atoms with E-state index >= 15 is 0 Å². The summed E-state index contributed by atoms with van der Waals surface area (Å²) in [6, 6.07) is 106. The average Bonchev–Trinajstić information content (AvgIpc) is 3.43. The van der Waals surface area contributed by atoms with E-state index in [1.54, 1.807) is 0 Å². The molecule has 334 valence electrons. The number of nitrogens with one attached hydrogen (secondary N) is 1. The quantitative estimate of drug-likeness (QED) is 0.117. The van der Waals surface area contributed by atoms with Crippen molar-refractivity contribution in [1.29, 1.82) is 0 Å². The highest BCUT2D eigenvalue weighted by molar-refractivity contribution is 6.00. The zero-order chi connectivity index (χ0) is 46.9. The van der Waals surface area contributed by atoms with Crippen LogP contribution in [-0.2, 0) is 0 Å². The second-order valence-electron chi connectivity index (χ2n) is 17.1. The Morgan fingerprint density at radius 1 is 0.214 bits per heavy atom. The fourth-order valence-electron chi connectivity index (χ4n) is 9.40. The Kier molecular flexibility index (Phi) is 12.5. The van der Waals surface area contributed by atoms with Crippen molar-refractivity contribution in [3.8, 4) is 33.4 Å². The third-order valence-electron chi connectivity index (χ3n) is 12.5.